The van der Waals surface area contributed by atoms with Crippen LogP contribution in [0.3, 0.4) is 0 Å². The standard InChI is InChI=1S/C13H17BrN2O/c1-17-13-4-10(14)3-2-9(13)7-16-8-11-5-12(16)6-15-11/h2-4,11-12,15H,5-8H2,1H3. The number of benzene rings is 1. The van der Waals surface area contributed by atoms with Gasteiger partial charge in [0.05, 0.1) is 7.11 Å². The molecule has 2 aliphatic rings. The zero-order valence-corrected chi connectivity index (χ0v) is 11.5. The molecule has 3 nitrogen and oxygen atoms in total. The Bertz CT molecular complexity index is 424. The largest absolute Gasteiger partial charge is 0.496 e. The van der Waals surface area contributed by atoms with Crippen molar-refractivity contribution < 1.29 is 4.74 Å². The Morgan fingerprint density at radius 1 is 1.53 bits per heavy atom. The lowest BCUT2D eigenvalue weighted by molar-refractivity contribution is 0.215. The minimum atomic E-state index is 0.710. The van der Waals surface area contributed by atoms with Crippen LogP contribution < -0.4 is 10.1 Å². The van der Waals surface area contributed by atoms with Gasteiger partial charge in [0.1, 0.15) is 5.75 Å². The maximum atomic E-state index is 5.44. The lowest BCUT2D eigenvalue weighted by atomic mass is 10.1. The van der Waals surface area contributed by atoms with E-state index < -0.39 is 0 Å². The Kier molecular flexibility index (Phi) is 3.11. The van der Waals surface area contributed by atoms with Crippen LogP contribution in [0.2, 0.25) is 0 Å². The van der Waals surface area contributed by atoms with E-state index in [0.29, 0.717) is 12.1 Å². The molecular weight excluding hydrogens is 280 g/mol. The first-order valence-corrected chi connectivity index (χ1v) is 6.85. The number of hydrogen-bond acceptors (Lipinski definition) is 3. The van der Waals surface area contributed by atoms with Crippen LogP contribution >= 0.6 is 15.9 Å². The summed E-state index contributed by atoms with van der Waals surface area (Å²) in [6, 6.07) is 7.71. The summed E-state index contributed by atoms with van der Waals surface area (Å²) in [5.74, 6) is 0.982. The van der Waals surface area contributed by atoms with Gasteiger partial charge in [-0.3, -0.25) is 4.90 Å². The van der Waals surface area contributed by atoms with Crippen LogP contribution in [0, 0.1) is 0 Å². The normalized spacial score (nSPS) is 27.6. The third-order valence-electron chi connectivity index (χ3n) is 3.79. The van der Waals surface area contributed by atoms with Gasteiger partial charge < -0.3 is 10.1 Å². The van der Waals surface area contributed by atoms with Gasteiger partial charge in [0, 0.05) is 41.8 Å². The first-order chi connectivity index (χ1) is 8.26. The molecule has 2 fully saturated rings. The molecule has 17 heavy (non-hydrogen) atoms. The van der Waals surface area contributed by atoms with Gasteiger partial charge in [-0.05, 0) is 18.6 Å². The van der Waals surface area contributed by atoms with Gasteiger partial charge in [-0.2, -0.15) is 0 Å². The zero-order valence-electron chi connectivity index (χ0n) is 9.95. The fourth-order valence-corrected chi connectivity index (χ4v) is 3.25. The highest BCUT2D eigenvalue weighted by Crippen LogP contribution is 2.29. The molecule has 0 amide bonds. The third kappa shape index (κ3) is 2.21. The van der Waals surface area contributed by atoms with Crippen LogP contribution in [0.1, 0.15) is 12.0 Å². The lowest BCUT2D eigenvalue weighted by Gasteiger charge is -2.27. The third-order valence-corrected chi connectivity index (χ3v) is 4.29. The van der Waals surface area contributed by atoms with Crippen LogP contribution in [0.4, 0.5) is 0 Å². The summed E-state index contributed by atoms with van der Waals surface area (Å²) in [4.78, 5) is 2.56. The molecule has 0 radical (unpaired) electrons. The quantitative estimate of drug-likeness (QED) is 0.923. The van der Waals surface area contributed by atoms with Crippen molar-refractivity contribution in [2.45, 2.75) is 25.0 Å². The second kappa shape index (κ2) is 4.59. The molecule has 0 aliphatic carbocycles. The Morgan fingerprint density at radius 3 is 3.06 bits per heavy atom. The molecule has 2 heterocycles. The van der Waals surface area contributed by atoms with Gasteiger partial charge in [0.2, 0.25) is 0 Å². The predicted octanol–water partition coefficient (Wildman–Crippen LogP) is 2.00. The van der Waals surface area contributed by atoms with Crippen LogP contribution in [0.5, 0.6) is 5.75 Å². The second-order valence-electron chi connectivity index (χ2n) is 4.88. The second-order valence-corrected chi connectivity index (χ2v) is 5.80. The predicted molar refractivity (Wildman–Crippen MR) is 71.3 cm³/mol. The molecule has 0 spiro atoms. The summed E-state index contributed by atoms with van der Waals surface area (Å²) in [7, 11) is 1.74. The maximum Gasteiger partial charge on any atom is 0.124 e. The highest BCUT2D eigenvalue weighted by Gasteiger charge is 2.37. The van der Waals surface area contributed by atoms with Gasteiger partial charge in [-0.15, -0.1) is 0 Å². The minimum absolute atomic E-state index is 0.710. The molecule has 4 heteroatoms. The molecule has 1 aromatic rings. The molecule has 92 valence electrons. The van der Waals surface area contributed by atoms with Crippen molar-refractivity contribution in [1.82, 2.24) is 10.2 Å². The molecule has 2 saturated heterocycles. The molecule has 2 aliphatic heterocycles. The van der Waals surface area contributed by atoms with E-state index in [1.807, 2.05) is 6.07 Å². The van der Waals surface area contributed by atoms with Crippen molar-refractivity contribution >= 4 is 15.9 Å². The number of ether oxygens (including phenoxy) is 1. The molecular formula is C13H17BrN2O. The molecule has 0 aromatic heterocycles. The van der Waals surface area contributed by atoms with E-state index in [1.54, 1.807) is 7.11 Å². The van der Waals surface area contributed by atoms with Gasteiger partial charge in [0.15, 0.2) is 0 Å². The number of methoxy groups -OCH3 is 1. The molecule has 2 unspecified atom stereocenters. The van der Waals surface area contributed by atoms with Crippen molar-refractivity contribution in [3.8, 4) is 5.75 Å². The first-order valence-electron chi connectivity index (χ1n) is 6.06. The number of piperazine rings is 1. The number of nitrogens with zero attached hydrogens (tertiary/aromatic N) is 1. The van der Waals surface area contributed by atoms with Crippen molar-refractivity contribution in [2.24, 2.45) is 0 Å². The average molecular weight is 297 g/mol. The highest BCUT2D eigenvalue weighted by atomic mass is 79.9. The summed E-state index contributed by atoms with van der Waals surface area (Å²) < 4.78 is 6.52. The SMILES string of the molecule is COc1cc(Br)ccc1CN1CC2CC1CN2. The number of fused-ring (bicyclic) bond motifs is 2. The van der Waals surface area contributed by atoms with E-state index in [4.69, 9.17) is 4.74 Å². The molecule has 3 rings (SSSR count). The van der Waals surface area contributed by atoms with E-state index in [2.05, 4.69) is 38.3 Å². The Morgan fingerprint density at radius 2 is 2.41 bits per heavy atom. The lowest BCUT2D eigenvalue weighted by Crippen LogP contribution is -2.43. The van der Waals surface area contributed by atoms with E-state index in [-0.39, 0.29) is 0 Å². The summed E-state index contributed by atoms with van der Waals surface area (Å²) in [5.41, 5.74) is 1.28. The Hall–Kier alpha value is -0.580. The Labute approximate surface area is 110 Å². The van der Waals surface area contributed by atoms with Gasteiger partial charge in [-0.25, -0.2) is 0 Å². The van der Waals surface area contributed by atoms with Crippen molar-refractivity contribution in [2.75, 3.05) is 20.2 Å². The summed E-state index contributed by atoms with van der Waals surface area (Å²) >= 11 is 3.48. The summed E-state index contributed by atoms with van der Waals surface area (Å²) in [5, 5.41) is 3.53. The van der Waals surface area contributed by atoms with Crippen molar-refractivity contribution in [1.29, 1.82) is 0 Å². The number of halogens is 1. The van der Waals surface area contributed by atoms with E-state index in [1.165, 1.54) is 18.5 Å². The van der Waals surface area contributed by atoms with Gasteiger partial charge in [-0.1, -0.05) is 22.0 Å². The van der Waals surface area contributed by atoms with Gasteiger partial charge in [0.25, 0.3) is 0 Å². The highest BCUT2D eigenvalue weighted by molar-refractivity contribution is 9.10. The monoisotopic (exact) mass is 296 g/mol. The van der Waals surface area contributed by atoms with Crippen molar-refractivity contribution in [3.63, 3.8) is 0 Å². The molecule has 1 aromatic carbocycles. The molecule has 1 N–H and O–H groups in total. The minimum Gasteiger partial charge on any atom is -0.496 e. The Balaban J connectivity index is 1.76. The summed E-state index contributed by atoms with van der Waals surface area (Å²) in [6.45, 7) is 3.31. The zero-order chi connectivity index (χ0) is 11.8. The number of rotatable bonds is 3. The van der Waals surface area contributed by atoms with E-state index in [0.717, 1.165) is 23.3 Å². The van der Waals surface area contributed by atoms with E-state index >= 15 is 0 Å². The van der Waals surface area contributed by atoms with Gasteiger partial charge >= 0.3 is 0 Å². The molecule has 2 atom stereocenters. The number of likely N-dealkylation sites (tertiary alicyclic amines) is 1. The van der Waals surface area contributed by atoms with E-state index in [9.17, 15) is 0 Å². The summed E-state index contributed by atoms with van der Waals surface area (Å²) in [6.07, 6.45) is 1.30. The fourth-order valence-electron chi connectivity index (χ4n) is 2.91. The first kappa shape index (κ1) is 11.5. The van der Waals surface area contributed by atoms with Crippen molar-refractivity contribution in [3.05, 3.63) is 28.2 Å². The topological polar surface area (TPSA) is 24.5 Å². The fraction of sp³-hybridized carbons (Fsp3) is 0.538. The molecule has 0 saturated carbocycles. The van der Waals surface area contributed by atoms with Crippen LogP contribution in [-0.2, 0) is 6.54 Å². The smallest absolute Gasteiger partial charge is 0.124 e. The number of hydrogen-bond donors (Lipinski definition) is 1. The van der Waals surface area contributed by atoms with Crippen LogP contribution in [0.15, 0.2) is 22.7 Å². The number of nitrogens with one attached hydrogen (secondary N) is 1. The average Bonchev–Trinajstić information content (AvgIpc) is 2.93. The van der Waals surface area contributed by atoms with Crippen LogP contribution in [0.25, 0.3) is 0 Å². The van der Waals surface area contributed by atoms with Crippen LogP contribution in [-0.4, -0.2) is 37.2 Å². The maximum absolute atomic E-state index is 5.44. The molecule has 2 bridgehead atoms.